The lowest BCUT2D eigenvalue weighted by atomic mass is 10.2. The maximum absolute atomic E-state index is 13.5. The molecule has 2 fully saturated rings. The molecule has 2 aliphatic rings. The SMILES string of the molecule is CO[C@H]1CCN(c2cccc(S(=O)(=O)n3ncc4ccc(N5CCNCC5)cc43)c2)C1.O=CO. The van der Waals surface area contributed by atoms with Gasteiger partial charge in [-0.15, -0.1) is 0 Å². The Morgan fingerprint density at radius 2 is 1.82 bits per heavy atom. The second-order valence-corrected chi connectivity index (χ2v) is 9.94. The van der Waals surface area contributed by atoms with E-state index in [0.29, 0.717) is 5.52 Å². The molecule has 1 aromatic heterocycles. The number of piperazine rings is 1. The van der Waals surface area contributed by atoms with E-state index < -0.39 is 10.0 Å². The Balaban J connectivity index is 0.000000868. The van der Waals surface area contributed by atoms with Crippen molar-refractivity contribution >= 4 is 38.8 Å². The van der Waals surface area contributed by atoms with Crippen LogP contribution < -0.4 is 15.1 Å². The van der Waals surface area contributed by atoms with Crippen LogP contribution in [0.15, 0.2) is 53.6 Å². The molecule has 0 radical (unpaired) electrons. The topological polar surface area (TPSA) is 117 Å². The van der Waals surface area contributed by atoms with Gasteiger partial charge in [-0.2, -0.15) is 17.6 Å². The summed E-state index contributed by atoms with van der Waals surface area (Å²) in [7, 11) is -2.11. The lowest BCUT2D eigenvalue weighted by molar-refractivity contribution is -0.122. The Labute approximate surface area is 198 Å². The van der Waals surface area contributed by atoms with Gasteiger partial charge >= 0.3 is 0 Å². The number of rotatable bonds is 5. The molecule has 11 heteroatoms. The lowest BCUT2D eigenvalue weighted by Gasteiger charge is -2.29. The summed E-state index contributed by atoms with van der Waals surface area (Å²) in [6, 6.07) is 13.0. The number of carbonyl (C=O) groups is 1. The van der Waals surface area contributed by atoms with Crippen LogP contribution in [0, 0.1) is 0 Å². The third-order valence-electron chi connectivity index (χ3n) is 6.19. The highest BCUT2D eigenvalue weighted by atomic mass is 32.2. The predicted octanol–water partition coefficient (Wildman–Crippen LogP) is 1.61. The van der Waals surface area contributed by atoms with Crippen molar-refractivity contribution in [1.82, 2.24) is 14.5 Å². The van der Waals surface area contributed by atoms with Gasteiger partial charge in [-0.25, -0.2) is 0 Å². The number of methoxy groups -OCH3 is 1. The normalized spacial score (nSPS) is 18.6. The summed E-state index contributed by atoms with van der Waals surface area (Å²) in [4.78, 5) is 13.0. The lowest BCUT2D eigenvalue weighted by Crippen LogP contribution is -2.43. The summed E-state index contributed by atoms with van der Waals surface area (Å²) in [5.41, 5.74) is 2.50. The van der Waals surface area contributed by atoms with Crippen molar-refractivity contribution in [2.24, 2.45) is 0 Å². The fourth-order valence-corrected chi connectivity index (χ4v) is 5.70. The van der Waals surface area contributed by atoms with Crippen molar-refractivity contribution < 1.29 is 23.1 Å². The summed E-state index contributed by atoms with van der Waals surface area (Å²) in [5.74, 6) is 0. The molecule has 182 valence electrons. The summed E-state index contributed by atoms with van der Waals surface area (Å²) in [6.07, 6.45) is 2.73. The Morgan fingerprint density at radius 1 is 1.09 bits per heavy atom. The van der Waals surface area contributed by atoms with E-state index in [0.717, 1.165) is 66.5 Å². The molecule has 1 atom stereocenters. The van der Waals surface area contributed by atoms with Gasteiger partial charge < -0.3 is 25.0 Å². The first-order valence-corrected chi connectivity index (χ1v) is 12.6. The highest BCUT2D eigenvalue weighted by Gasteiger charge is 2.25. The Bertz CT molecular complexity index is 1240. The van der Waals surface area contributed by atoms with Gasteiger partial charge in [-0.3, -0.25) is 4.79 Å². The first-order valence-electron chi connectivity index (χ1n) is 11.1. The second-order valence-electron chi connectivity index (χ2n) is 8.17. The van der Waals surface area contributed by atoms with Crippen molar-refractivity contribution in [3.8, 4) is 0 Å². The zero-order valence-electron chi connectivity index (χ0n) is 19.0. The van der Waals surface area contributed by atoms with E-state index in [1.165, 1.54) is 0 Å². The van der Waals surface area contributed by atoms with E-state index in [1.54, 1.807) is 31.5 Å². The molecule has 3 heterocycles. The summed E-state index contributed by atoms with van der Waals surface area (Å²) in [6.45, 7) is 4.99. The first kappa shape index (κ1) is 24.0. The highest BCUT2D eigenvalue weighted by Crippen LogP contribution is 2.28. The van der Waals surface area contributed by atoms with Gasteiger partial charge in [0.2, 0.25) is 0 Å². The Morgan fingerprint density at radius 3 is 2.53 bits per heavy atom. The maximum Gasteiger partial charge on any atom is 0.290 e. The average Bonchev–Trinajstić information content (AvgIpc) is 3.52. The number of hydrogen-bond acceptors (Lipinski definition) is 8. The number of benzene rings is 2. The van der Waals surface area contributed by atoms with Gasteiger partial charge in [-0.05, 0) is 42.8 Å². The minimum absolute atomic E-state index is 0.179. The van der Waals surface area contributed by atoms with Crippen LogP contribution in [0.1, 0.15) is 6.42 Å². The number of anilines is 2. The van der Waals surface area contributed by atoms with Crippen molar-refractivity contribution in [3.05, 3.63) is 48.7 Å². The number of carboxylic acid groups (broad SMARTS) is 1. The summed E-state index contributed by atoms with van der Waals surface area (Å²) < 4.78 is 33.6. The Hall–Kier alpha value is -3.15. The zero-order chi connectivity index (χ0) is 24.1. The monoisotopic (exact) mass is 487 g/mol. The molecule has 2 aliphatic heterocycles. The smallest absolute Gasteiger partial charge is 0.290 e. The number of fused-ring (bicyclic) bond motifs is 1. The highest BCUT2D eigenvalue weighted by molar-refractivity contribution is 7.90. The number of aromatic nitrogens is 2. The van der Waals surface area contributed by atoms with Crippen molar-refractivity contribution in [2.75, 3.05) is 56.2 Å². The van der Waals surface area contributed by atoms with Gasteiger partial charge in [0.1, 0.15) is 0 Å². The minimum Gasteiger partial charge on any atom is -0.483 e. The third kappa shape index (κ3) is 4.86. The largest absolute Gasteiger partial charge is 0.483 e. The van der Waals surface area contributed by atoms with Gasteiger partial charge in [0, 0.05) is 63.1 Å². The molecule has 0 amide bonds. The van der Waals surface area contributed by atoms with Crippen LogP contribution in [0.25, 0.3) is 10.9 Å². The molecule has 2 N–H and O–H groups in total. The van der Waals surface area contributed by atoms with E-state index in [9.17, 15) is 8.42 Å². The zero-order valence-corrected chi connectivity index (χ0v) is 19.8. The molecule has 0 unspecified atom stereocenters. The van der Waals surface area contributed by atoms with Gasteiger partial charge in [0.15, 0.2) is 0 Å². The molecule has 0 aliphatic carbocycles. The number of hydrogen-bond donors (Lipinski definition) is 2. The average molecular weight is 488 g/mol. The molecule has 34 heavy (non-hydrogen) atoms. The van der Waals surface area contributed by atoms with E-state index in [-0.39, 0.29) is 17.5 Å². The van der Waals surface area contributed by atoms with Crippen LogP contribution >= 0.6 is 0 Å². The van der Waals surface area contributed by atoms with Crippen LogP contribution in [-0.4, -0.2) is 81.7 Å². The van der Waals surface area contributed by atoms with Crippen LogP contribution in [-0.2, 0) is 19.6 Å². The van der Waals surface area contributed by atoms with Crippen LogP contribution in [0.4, 0.5) is 11.4 Å². The molecule has 3 aromatic rings. The summed E-state index contributed by atoms with van der Waals surface area (Å²) >= 11 is 0. The summed E-state index contributed by atoms with van der Waals surface area (Å²) in [5, 5.41) is 15.3. The second kappa shape index (κ2) is 10.4. The van der Waals surface area contributed by atoms with Crippen molar-refractivity contribution in [2.45, 2.75) is 17.4 Å². The minimum atomic E-state index is -3.82. The van der Waals surface area contributed by atoms with E-state index in [4.69, 9.17) is 14.6 Å². The molecular formula is C23H29N5O5S. The Kier molecular flexibility index (Phi) is 7.35. The van der Waals surface area contributed by atoms with Gasteiger partial charge in [0.05, 0.1) is 22.7 Å². The van der Waals surface area contributed by atoms with E-state index in [1.807, 2.05) is 24.3 Å². The number of nitrogens with zero attached hydrogens (tertiary/aromatic N) is 4. The molecule has 0 bridgehead atoms. The van der Waals surface area contributed by atoms with Crippen LogP contribution in [0.5, 0.6) is 0 Å². The molecule has 2 saturated heterocycles. The maximum atomic E-state index is 13.5. The van der Waals surface area contributed by atoms with E-state index in [2.05, 4.69) is 20.2 Å². The van der Waals surface area contributed by atoms with Crippen LogP contribution in [0.3, 0.4) is 0 Å². The van der Waals surface area contributed by atoms with Gasteiger partial charge in [0.25, 0.3) is 16.5 Å². The molecule has 0 saturated carbocycles. The fraction of sp³-hybridized carbons (Fsp3) is 0.391. The number of ether oxygens (including phenoxy) is 1. The predicted molar refractivity (Wildman–Crippen MR) is 130 cm³/mol. The molecule has 10 nitrogen and oxygen atoms in total. The van der Waals surface area contributed by atoms with Crippen LogP contribution in [0.2, 0.25) is 0 Å². The third-order valence-corrected chi connectivity index (χ3v) is 7.79. The standard InChI is InChI=1S/C22H27N5O3S.CH2O2/c1-30-20-7-10-26(16-20)18-3-2-4-21(13-18)31(28,29)27-22-14-19(6-5-17(22)15-24-27)25-11-8-23-9-12-25;2-1-3/h2-6,13-15,20,23H,7-12,16H2,1H3;1H,(H,2,3)/t20-;/m0./s1. The van der Waals surface area contributed by atoms with Crippen molar-refractivity contribution in [1.29, 1.82) is 0 Å². The van der Waals surface area contributed by atoms with Gasteiger partial charge in [-0.1, -0.05) is 6.07 Å². The molecule has 0 spiro atoms. The molecule has 2 aromatic carbocycles. The van der Waals surface area contributed by atoms with Crippen molar-refractivity contribution in [3.63, 3.8) is 0 Å². The molecular weight excluding hydrogens is 458 g/mol. The van der Waals surface area contributed by atoms with E-state index >= 15 is 0 Å². The molecule has 5 rings (SSSR count). The quantitative estimate of drug-likeness (QED) is 0.518. The first-order chi connectivity index (χ1) is 16.5. The number of nitrogens with one attached hydrogen (secondary N) is 1. The fourth-order valence-electron chi connectivity index (χ4n) is 4.39.